The van der Waals surface area contributed by atoms with Crippen LogP contribution in [0.1, 0.15) is 80.6 Å². The third-order valence-corrected chi connectivity index (χ3v) is 9.21. The van der Waals surface area contributed by atoms with Gasteiger partial charge in [0, 0.05) is 29.2 Å². The first-order valence-corrected chi connectivity index (χ1v) is 10.6. The Balaban J connectivity index is 1.89. The van der Waals surface area contributed by atoms with Gasteiger partial charge in [-0.15, -0.1) is 0 Å². The maximum Gasteiger partial charge on any atom is 0.184 e. The Morgan fingerprint density at radius 2 is 1.74 bits per heavy atom. The van der Waals surface area contributed by atoms with E-state index in [9.17, 15) is 9.59 Å². The van der Waals surface area contributed by atoms with Crippen molar-refractivity contribution in [3.63, 3.8) is 0 Å². The molecule has 5 atom stereocenters. The molecule has 148 valence electrons. The van der Waals surface area contributed by atoms with Crippen molar-refractivity contribution in [1.82, 2.24) is 0 Å². The van der Waals surface area contributed by atoms with E-state index < -0.39 is 0 Å². The minimum absolute atomic E-state index is 0.0565. The fraction of sp³-hybridized carbons (Fsp3) is 0.750. The van der Waals surface area contributed by atoms with Crippen LogP contribution in [-0.2, 0) is 14.3 Å². The van der Waals surface area contributed by atoms with Crippen molar-refractivity contribution in [3.8, 4) is 0 Å². The lowest BCUT2D eigenvalue weighted by Crippen LogP contribution is -2.64. The van der Waals surface area contributed by atoms with Gasteiger partial charge in [0.05, 0.1) is 5.41 Å². The number of Topliss-reactive ketones (excluding diaryl/α,β-unsaturated/α-hetero) is 1. The molecule has 0 radical (unpaired) electrons. The van der Waals surface area contributed by atoms with Crippen LogP contribution in [0.3, 0.4) is 0 Å². The van der Waals surface area contributed by atoms with Crippen LogP contribution >= 0.6 is 0 Å². The van der Waals surface area contributed by atoms with Gasteiger partial charge in [0.1, 0.15) is 17.1 Å². The summed E-state index contributed by atoms with van der Waals surface area (Å²) in [5, 5.41) is 0. The van der Waals surface area contributed by atoms with Gasteiger partial charge in [-0.1, -0.05) is 33.3 Å². The lowest BCUT2D eigenvalue weighted by molar-refractivity contribution is -0.202. The van der Waals surface area contributed by atoms with Crippen molar-refractivity contribution in [2.75, 3.05) is 0 Å². The molecule has 1 aliphatic heterocycles. The van der Waals surface area contributed by atoms with E-state index in [1.54, 1.807) is 0 Å². The molecule has 1 heterocycles. The van der Waals surface area contributed by atoms with Crippen LogP contribution < -0.4 is 0 Å². The molecule has 4 aliphatic rings. The number of hydrogen-bond donors (Lipinski definition) is 0. The van der Waals surface area contributed by atoms with E-state index in [-0.39, 0.29) is 27.6 Å². The SMILES string of the molecule is CC1=CC(=O)C(C)=C2O[C@@]3(CC12C)[C@@H](C)CC[C@H]1C(C)(C)C(=O)CC[C@@]13C. The van der Waals surface area contributed by atoms with Crippen molar-refractivity contribution < 1.29 is 14.3 Å². The number of fused-ring (bicyclic) bond motifs is 3. The van der Waals surface area contributed by atoms with Crippen LogP contribution in [0, 0.1) is 28.1 Å². The smallest absolute Gasteiger partial charge is 0.184 e. The highest BCUT2D eigenvalue weighted by Gasteiger charge is 2.70. The lowest BCUT2D eigenvalue weighted by atomic mass is 9.43. The zero-order valence-electron chi connectivity index (χ0n) is 18.0. The molecule has 0 amide bonds. The van der Waals surface area contributed by atoms with Crippen LogP contribution in [0.5, 0.6) is 0 Å². The molecule has 4 rings (SSSR count). The predicted molar refractivity (Wildman–Crippen MR) is 106 cm³/mol. The number of rotatable bonds is 0. The van der Waals surface area contributed by atoms with Gasteiger partial charge in [-0.3, -0.25) is 9.59 Å². The molecule has 3 aliphatic carbocycles. The summed E-state index contributed by atoms with van der Waals surface area (Å²) < 4.78 is 6.97. The first-order chi connectivity index (χ1) is 12.4. The number of ketones is 2. The van der Waals surface area contributed by atoms with E-state index in [0.717, 1.165) is 42.6 Å². The van der Waals surface area contributed by atoms with Crippen LogP contribution in [0.4, 0.5) is 0 Å². The molecule has 0 aromatic rings. The summed E-state index contributed by atoms with van der Waals surface area (Å²) in [4.78, 5) is 25.2. The molecule has 1 unspecified atom stereocenters. The van der Waals surface area contributed by atoms with E-state index in [1.165, 1.54) is 0 Å². The van der Waals surface area contributed by atoms with Gasteiger partial charge in [0.25, 0.3) is 0 Å². The second-order valence-electron chi connectivity index (χ2n) is 10.7. The average molecular weight is 371 g/mol. The van der Waals surface area contributed by atoms with Gasteiger partial charge >= 0.3 is 0 Å². The normalized spacial score (nSPS) is 46.1. The van der Waals surface area contributed by atoms with E-state index in [2.05, 4.69) is 41.5 Å². The molecule has 3 fully saturated rings. The molecule has 1 spiro atoms. The molecule has 0 N–H and O–H groups in total. The Morgan fingerprint density at radius 3 is 2.41 bits per heavy atom. The molecule has 0 aromatic heterocycles. The summed E-state index contributed by atoms with van der Waals surface area (Å²) in [6, 6.07) is 0. The molecular formula is C24H34O3. The Kier molecular flexibility index (Phi) is 3.76. The number of allylic oxidation sites excluding steroid dienone is 3. The van der Waals surface area contributed by atoms with Crippen molar-refractivity contribution >= 4 is 11.6 Å². The molecule has 3 heteroatoms. The number of carbonyl (C=O) groups is 2. The maximum absolute atomic E-state index is 12.8. The highest BCUT2D eigenvalue weighted by atomic mass is 16.5. The van der Waals surface area contributed by atoms with Gasteiger partial charge in [-0.05, 0) is 57.9 Å². The first kappa shape index (κ1) is 19.0. The van der Waals surface area contributed by atoms with Gasteiger partial charge in [0.2, 0.25) is 0 Å². The zero-order valence-corrected chi connectivity index (χ0v) is 18.0. The topological polar surface area (TPSA) is 43.4 Å². The molecule has 3 nitrogen and oxygen atoms in total. The second-order valence-corrected chi connectivity index (χ2v) is 10.7. The summed E-state index contributed by atoms with van der Waals surface area (Å²) in [5.74, 6) is 2.12. The van der Waals surface area contributed by atoms with Crippen LogP contribution in [0.25, 0.3) is 0 Å². The summed E-state index contributed by atoms with van der Waals surface area (Å²) in [6.45, 7) is 15.2. The molecule has 0 aromatic carbocycles. The standard InChI is InChI=1S/C24H34O3/c1-14-8-9-18-21(4,5)19(26)10-11-23(18,7)24(14)13-22(6)15(2)12-17(25)16(3)20(22)27-24/h12,14,18H,8-11,13H2,1-7H3/t14-,18-,22?,23-,24-/m0/s1. The molecule has 0 bridgehead atoms. The molecular weight excluding hydrogens is 336 g/mol. The average Bonchev–Trinajstić information content (AvgIpc) is 2.92. The molecule has 27 heavy (non-hydrogen) atoms. The minimum Gasteiger partial charge on any atom is -0.489 e. The van der Waals surface area contributed by atoms with Gasteiger partial charge in [-0.25, -0.2) is 0 Å². The lowest BCUT2D eigenvalue weighted by Gasteiger charge is -2.62. The van der Waals surface area contributed by atoms with Crippen molar-refractivity contribution in [3.05, 3.63) is 23.0 Å². The summed E-state index contributed by atoms with van der Waals surface area (Å²) in [7, 11) is 0. The summed E-state index contributed by atoms with van der Waals surface area (Å²) >= 11 is 0. The van der Waals surface area contributed by atoms with Crippen LogP contribution in [-0.4, -0.2) is 17.2 Å². The van der Waals surface area contributed by atoms with Gasteiger partial charge in [-0.2, -0.15) is 0 Å². The summed E-state index contributed by atoms with van der Waals surface area (Å²) in [5.41, 5.74) is 1.02. The monoisotopic (exact) mass is 370 g/mol. The Bertz CT molecular complexity index is 800. The predicted octanol–water partition coefficient (Wildman–Crippen LogP) is 5.40. The Hall–Kier alpha value is -1.38. The highest BCUT2D eigenvalue weighted by Crippen LogP contribution is 2.70. The zero-order chi connectivity index (χ0) is 20.0. The van der Waals surface area contributed by atoms with Gasteiger partial charge in [0.15, 0.2) is 5.78 Å². The van der Waals surface area contributed by atoms with Crippen molar-refractivity contribution in [2.45, 2.75) is 86.2 Å². The van der Waals surface area contributed by atoms with E-state index in [1.807, 2.05) is 13.0 Å². The maximum atomic E-state index is 12.8. The van der Waals surface area contributed by atoms with E-state index in [4.69, 9.17) is 4.74 Å². The molecule has 1 saturated heterocycles. The van der Waals surface area contributed by atoms with Crippen LogP contribution in [0.15, 0.2) is 23.0 Å². The van der Waals surface area contributed by atoms with Crippen LogP contribution in [0.2, 0.25) is 0 Å². The Morgan fingerprint density at radius 1 is 1.07 bits per heavy atom. The van der Waals surface area contributed by atoms with E-state index in [0.29, 0.717) is 24.0 Å². The molecule has 2 saturated carbocycles. The minimum atomic E-state index is -0.307. The third-order valence-electron chi connectivity index (χ3n) is 9.21. The number of hydrogen-bond acceptors (Lipinski definition) is 3. The van der Waals surface area contributed by atoms with E-state index >= 15 is 0 Å². The number of ether oxygens (including phenoxy) is 1. The van der Waals surface area contributed by atoms with Crippen molar-refractivity contribution in [2.24, 2.45) is 28.1 Å². The third kappa shape index (κ3) is 2.09. The van der Waals surface area contributed by atoms with Crippen molar-refractivity contribution in [1.29, 1.82) is 0 Å². The van der Waals surface area contributed by atoms with Gasteiger partial charge < -0.3 is 4.74 Å². The largest absolute Gasteiger partial charge is 0.489 e. The quantitative estimate of drug-likeness (QED) is 0.574. The summed E-state index contributed by atoms with van der Waals surface area (Å²) in [6.07, 6.45) is 6.42. The fourth-order valence-electron chi connectivity index (χ4n) is 7.17. The first-order valence-electron chi connectivity index (χ1n) is 10.6. The number of carbonyl (C=O) groups excluding carboxylic acids is 2. The second kappa shape index (κ2) is 5.36. The fourth-order valence-corrected chi connectivity index (χ4v) is 7.17. The Labute approximate surface area is 163 Å². The highest BCUT2D eigenvalue weighted by molar-refractivity contribution is 6.06.